The molecule has 170 valence electrons. The van der Waals surface area contributed by atoms with E-state index < -0.39 is 14.9 Å². The molecule has 1 atom stereocenters. The molecule has 0 bridgehead atoms. The van der Waals surface area contributed by atoms with Gasteiger partial charge in [0, 0.05) is 44.0 Å². The lowest BCUT2D eigenvalue weighted by Crippen LogP contribution is -2.39. The van der Waals surface area contributed by atoms with Crippen molar-refractivity contribution >= 4 is 38.7 Å². The van der Waals surface area contributed by atoms with E-state index in [9.17, 15) is 23.3 Å². The average Bonchev–Trinajstić information content (AvgIpc) is 3.17. The maximum Gasteiger partial charge on any atom is 0.294 e. The van der Waals surface area contributed by atoms with Gasteiger partial charge in [0.2, 0.25) is 15.9 Å². The van der Waals surface area contributed by atoms with E-state index in [2.05, 4.69) is 5.32 Å². The summed E-state index contributed by atoms with van der Waals surface area (Å²) in [6.45, 7) is 4.97. The van der Waals surface area contributed by atoms with Gasteiger partial charge in [-0.2, -0.15) is 4.31 Å². The quantitative estimate of drug-likeness (QED) is 0.540. The first-order chi connectivity index (χ1) is 15.2. The molecule has 0 aliphatic carbocycles. The predicted molar refractivity (Wildman–Crippen MR) is 122 cm³/mol. The molecule has 0 spiro atoms. The van der Waals surface area contributed by atoms with Gasteiger partial charge in [-0.3, -0.25) is 14.9 Å². The first-order valence-corrected chi connectivity index (χ1v) is 12.1. The molecule has 1 N–H and O–H groups in total. The van der Waals surface area contributed by atoms with Crippen LogP contribution in [-0.2, 0) is 21.2 Å². The minimum Gasteiger partial charge on any atom is -0.350 e. The van der Waals surface area contributed by atoms with Gasteiger partial charge in [-0.25, -0.2) is 8.42 Å². The zero-order valence-electron chi connectivity index (χ0n) is 18.1. The van der Waals surface area contributed by atoms with Crippen molar-refractivity contribution in [2.75, 3.05) is 29.9 Å². The van der Waals surface area contributed by atoms with E-state index in [1.54, 1.807) is 11.0 Å². The normalized spacial score (nSPS) is 18.9. The van der Waals surface area contributed by atoms with Crippen LogP contribution in [0.4, 0.5) is 22.7 Å². The number of anilines is 3. The molecule has 0 aromatic heterocycles. The van der Waals surface area contributed by atoms with Crippen LogP contribution < -0.4 is 10.2 Å². The average molecular weight is 459 g/mol. The summed E-state index contributed by atoms with van der Waals surface area (Å²) in [6, 6.07) is 9.41. The molecule has 4 rings (SSSR count). The smallest absolute Gasteiger partial charge is 0.294 e. The van der Waals surface area contributed by atoms with Crippen LogP contribution in [0.5, 0.6) is 0 Å². The van der Waals surface area contributed by atoms with E-state index in [4.69, 9.17) is 0 Å². The van der Waals surface area contributed by atoms with Gasteiger partial charge < -0.3 is 10.2 Å². The summed E-state index contributed by atoms with van der Waals surface area (Å²) in [4.78, 5) is 24.5. The molecular formula is C22H26N4O5S. The summed E-state index contributed by atoms with van der Waals surface area (Å²) in [5.74, 6) is 0.230. The van der Waals surface area contributed by atoms with Crippen LogP contribution in [0, 0.1) is 16.0 Å². The molecule has 1 fully saturated rings. The Morgan fingerprint density at radius 1 is 1.19 bits per heavy atom. The number of sulfonamides is 1. The van der Waals surface area contributed by atoms with E-state index in [0.29, 0.717) is 31.7 Å². The van der Waals surface area contributed by atoms with Crippen molar-refractivity contribution in [1.29, 1.82) is 0 Å². The van der Waals surface area contributed by atoms with Gasteiger partial charge in [0.05, 0.1) is 9.82 Å². The van der Waals surface area contributed by atoms with Crippen molar-refractivity contribution in [3.63, 3.8) is 0 Å². The summed E-state index contributed by atoms with van der Waals surface area (Å²) < 4.78 is 27.5. The van der Waals surface area contributed by atoms with Crippen molar-refractivity contribution in [2.45, 2.75) is 38.0 Å². The number of carbonyl (C=O) groups excluding carboxylic acids is 1. The maximum atomic E-state index is 13.0. The molecule has 32 heavy (non-hydrogen) atoms. The van der Waals surface area contributed by atoms with Crippen LogP contribution in [0.3, 0.4) is 0 Å². The highest BCUT2D eigenvalue weighted by molar-refractivity contribution is 7.89. The number of nitro benzene ring substituents is 1. The standard InChI is InChI=1S/C22H26N4O5S/c1-15-4-3-10-24(14-15)32(30,31)19-6-7-20(22(13-19)26(28)29)23-18-5-8-21-17(12-18)9-11-25(21)16(2)27/h5-8,12-13,15,23H,3-4,9-11,14H2,1-2H3/t15-/m1/s1. The maximum absolute atomic E-state index is 13.0. The fraction of sp³-hybridized carbons (Fsp3) is 0.409. The van der Waals surface area contributed by atoms with Crippen molar-refractivity contribution in [3.8, 4) is 0 Å². The van der Waals surface area contributed by atoms with Crippen LogP contribution in [0.25, 0.3) is 0 Å². The van der Waals surface area contributed by atoms with Gasteiger partial charge in [0.15, 0.2) is 0 Å². The highest BCUT2D eigenvalue weighted by Gasteiger charge is 2.31. The predicted octanol–water partition coefficient (Wildman–Crippen LogP) is 3.67. The van der Waals surface area contributed by atoms with Crippen LogP contribution in [-0.4, -0.2) is 43.2 Å². The molecule has 9 nitrogen and oxygen atoms in total. The molecule has 2 aliphatic rings. The Morgan fingerprint density at radius 2 is 1.97 bits per heavy atom. The van der Waals surface area contributed by atoms with E-state index in [1.165, 1.54) is 23.4 Å². The first kappa shape index (κ1) is 22.2. The zero-order valence-corrected chi connectivity index (χ0v) is 18.9. The van der Waals surface area contributed by atoms with Crippen molar-refractivity contribution in [1.82, 2.24) is 4.31 Å². The van der Waals surface area contributed by atoms with Gasteiger partial charge >= 0.3 is 0 Å². The molecule has 2 aliphatic heterocycles. The Hall–Kier alpha value is -2.98. The highest BCUT2D eigenvalue weighted by atomic mass is 32.2. The SMILES string of the molecule is CC(=O)N1CCc2cc(Nc3ccc(S(=O)(=O)N4CCC[C@@H](C)C4)cc3[N+](=O)[O-])ccc21. The lowest BCUT2D eigenvalue weighted by Gasteiger charge is -2.30. The molecule has 2 aromatic carbocycles. The Bertz CT molecular complexity index is 1180. The summed E-state index contributed by atoms with van der Waals surface area (Å²) in [5.41, 5.74) is 2.36. The van der Waals surface area contributed by atoms with Crippen LogP contribution in [0.2, 0.25) is 0 Å². The molecule has 0 radical (unpaired) electrons. The van der Waals surface area contributed by atoms with Gasteiger partial charge in [0.1, 0.15) is 5.69 Å². The fourth-order valence-corrected chi connectivity index (χ4v) is 6.02. The second-order valence-electron chi connectivity index (χ2n) is 8.44. The number of piperidine rings is 1. The molecule has 10 heteroatoms. The number of carbonyl (C=O) groups is 1. The van der Waals surface area contributed by atoms with Gasteiger partial charge in [-0.1, -0.05) is 6.92 Å². The lowest BCUT2D eigenvalue weighted by molar-refractivity contribution is -0.384. The number of benzene rings is 2. The van der Waals surface area contributed by atoms with E-state index in [1.807, 2.05) is 19.1 Å². The third-order valence-corrected chi connectivity index (χ3v) is 7.92. The molecule has 1 amide bonds. The molecule has 2 heterocycles. The second-order valence-corrected chi connectivity index (χ2v) is 10.4. The monoisotopic (exact) mass is 458 g/mol. The summed E-state index contributed by atoms with van der Waals surface area (Å²) in [7, 11) is -3.80. The molecular weight excluding hydrogens is 432 g/mol. The number of nitrogens with zero attached hydrogens (tertiary/aromatic N) is 3. The van der Waals surface area contributed by atoms with Gasteiger partial charge in [0.25, 0.3) is 5.69 Å². The Morgan fingerprint density at radius 3 is 2.66 bits per heavy atom. The summed E-state index contributed by atoms with van der Waals surface area (Å²) in [5, 5.41) is 14.8. The van der Waals surface area contributed by atoms with Crippen LogP contribution in [0.15, 0.2) is 41.3 Å². The van der Waals surface area contributed by atoms with Crippen molar-refractivity contribution in [3.05, 3.63) is 52.1 Å². The molecule has 1 saturated heterocycles. The summed E-state index contributed by atoms with van der Waals surface area (Å²) in [6.07, 6.45) is 2.46. The number of hydrogen-bond acceptors (Lipinski definition) is 6. The Kier molecular flexibility index (Phi) is 5.91. The van der Waals surface area contributed by atoms with Crippen molar-refractivity contribution in [2.24, 2.45) is 5.92 Å². The topological polar surface area (TPSA) is 113 Å². The largest absolute Gasteiger partial charge is 0.350 e. The Labute approximate surface area is 187 Å². The number of nitrogens with one attached hydrogen (secondary N) is 1. The number of amides is 1. The second kappa shape index (κ2) is 8.51. The lowest BCUT2D eigenvalue weighted by atomic mass is 10.0. The molecule has 0 unspecified atom stereocenters. The first-order valence-electron chi connectivity index (χ1n) is 10.6. The van der Waals surface area contributed by atoms with E-state index >= 15 is 0 Å². The van der Waals surface area contributed by atoms with Crippen molar-refractivity contribution < 1.29 is 18.1 Å². The minimum absolute atomic E-state index is 0.0278. The fourth-order valence-electron chi connectivity index (χ4n) is 4.40. The molecule has 0 saturated carbocycles. The highest BCUT2D eigenvalue weighted by Crippen LogP contribution is 2.35. The summed E-state index contributed by atoms with van der Waals surface area (Å²) >= 11 is 0. The number of nitro groups is 1. The third kappa shape index (κ3) is 4.20. The Balaban J connectivity index is 1.62. The van der Waals surface area contributed by atoms with Crippen LogP contribution in [0.1, 0.15) is 32.3 Å². The van der Waals surface area contributed by atoms with E-state index in [-0.39, 0.29) is 28.1 Å². The number of rotatable bonds is 5. The van der Waals surface area contributed by atoms with Gasteiger partial charge in [-0.05, 0) is 61.1 Å². The number of fused-ring (bicyclic) bond motifs is 1. The van der Waals surface area contributed by atoms with Gasteiger partial charge in [-0.15, -0.1) is 0 Å². The zero-order chi connectivity index (χ0) is 23.0. The van der Waals surface area contributed by atoms with Crippen LogP contribution >= 0.6 is 0 Å². The molecule has 2 aromatic rings. The van der Waals surface area contributed by atoms with E-state index in [0.717, 1.165) is 30.2 Å². The minimum atomic E-state index is -3.80. The number of hydrogen-bond donors (Lipinski definition) is 1. The third-order valence-electron chi connectivity index (χ3n) is 6.06.